The zero-order chi connectivity index (χ0) is 9.02. The van der Waals surface area contributed by atoms with Crippen LogP contribution >= 0.6 is 0 Å². The lowest BCUT2D eigenvalue weighted by Crippen LogP contribution is -2.41. The quantitative estimate of drug-likeness (QED) is 0.452. The van der Waals surface area contributed by atoms with E-state index in [9.17, 15) is 9.59 Å². The normalized spacial score (nSPS) is 12.6. The molecule has 0 saturated heterocycles. The smallest absolute Gasteiger partial charge is 0.329 e. The molecule has 0 amide bonds. The largest absolute Gasteiger partial charge is 0.480 e. The number of hydrogen-bond acceptors (Lipinski definition) is 3. The average Bonchev–Trinajstić information content (AvgIpc) is 1.85. The van der Waals surface area contributed by atoms with Crippen LogP contribution in [-0.2, 0) is 9.59 Å². The van der Waals surface area contributed by atoms with Gasteiger partial charge in [-0.1, -0.05) is 6.58 Å². The van der Waals surface area contributed by atoms with Crippen molar-refractivity contribution in [3.05, 3.63) is 12.7 Å². The Kier molecular flexibility index (Phi) is 3.47. The monoisotopic (exact) mass is 157 g/mol. The van der Waals surface area contributed by atoms with E-state index in [1.54, 1.807) is 0 Å². The van der Waals surface area contributed by atoms with Gasteiger partial charge < -0.3 is 5.11 Å². The highest BCUT2D eigenvalue weighted by molar-refractivity contribution is 6.07. The van der Waals surface area contributed by atoms with E-state index in [1.807, 2.05) is 0 Å². The fourth-order valence-corrected chi connectivity index (χ4v) is 0.709. The highest BCUT2D eigenvalue weighted by Gasteiger charge is 2.25. The van der Waals surface area contributed by atoms with Gasteiger partial charge >= 0.3 is 5.97 Å². The third-order valence-electron chi connectivity index (χ3n) is 1.22. The number of nitrogens with zero attached hydrogens (tertiary/aromatic N) is 1. The fraction of sp³-hybridized carbons (Fsp3) is 0.429. The van der Waals surface area contributed by atoms with Gasteiger partial charge in [-0.05, 0) is 20.2 Å². The molecule has 11 heavy (non-hydrogen) atoms. The third kappa shape index (κ3) is 2.51. The molecule has 0 aromatic rings. The highest BCUT2D eigenvalue weighted by Crippen LogP contribution is 1.95. The maximum absolute atomic E-state index is 10.9. The molecule has 1 unspecified atom stereocenters. The predicted molar refractivity (Wildman–Crippen MR) is 40.3 cm³/mol. The van der Waals surface area contributed by atoms with Crippen molar-refractivity contribution in [3.63, 3.8) is 0 Å². The number of likely N-dealkylation sites (N-methyl/N-ethyl adjacent to an activating group) is 1. The van der Waals surface area contributed by atoms with Gasteiger partial charge in [0.05, 0.1) is 0 Å². The molecule has 0 fully saturated rings. The number of carbonyl (C=O) groups excluding carboxylic acids is 1. The van der Waals surface area contributed by atoms with Crippen LogP contribution in [0.4, 0.5) is 0 Å². The summed E-state index contributed by atoms with van der Waals surface area (Å²) in [5.74, 6) is -1.65. The summed E-state index contributed by atoms with van der Waals surface area (Å²) < 4.78 is 0. The lowest BCUT2D eigenvalue weighted by molar-refractivity contribution is -0.145. The molecule has 0 rings (SSSR count). The minimum atomic E-state index is -1.15. The third-order valence-corrected chi connectivity index (χ3v) is 1.22. The van der Waals surface area contributed by atoms with E-state index >= 15 is 0 Å². The van der Waals surface area contributed by atoms with Gasteiger partial charge in [0.25, 0.3) is 0 Å². The summed E-state index contributed by atoms with van der Waals surface area (Å²) in [5.41, 5.74) is 0. The van der Waals surface area contributed by atoms with Crippen molar-refractivity contribution in [1.82, 2.24) is 4.90 Å². The second-order valence-electron chi connectivity index (χ2n) is 2.31. The molecule has 0 aromatic heterocycles. The minimum absolute atomic E-state index is 0.498. The van der Waals surface area contributed by atoms with Crippen molar-refractivity contribution in [2.45, 2.75) is 6.04 Å². The molecule has 0 aliphatic heterocycles. The van der Waals surface area contributed by atoms with Gasteiger partial charge in [-0.2, -0.15) is 0 Å². The van der Waals surface area contributed by atoms with Crippen LogP contribution in [0.5, 0.6) is 0 Å². The number of carbonyl (C=O) groups is 2. The van der Waals surface area contributed by atoms with Crippen LogP contribution in [0.3, 0.4) is 0 Å². The lowest BCUT2D eigenvalue weighted by Gasteiger charge is -2.16. The van der Waals surface area contributed by atoms with Gasteiger partial charge in [-0.15, -0.1) is 0 Å². The van der Waals surface area contributed by atoms with Gasteiger partial charge in [-0.3, -0.25) is 14.5 Å². The molecule has 0 aromatic carbocycles. The molecule has 1 atom stereocenters. The molecule has 0 radical (unpaired) electrons. The molecule has 0 aliphatic rings. The van der Waals surface area contributed by atoms with Crippen LogP contribution < -0.4 is 0 Å². The van der Waals surface area contributed by atoms with E-state index in [2.05, 4.69) is 6.58 Å². The SMILES string of the molecule is C=CC(=O)C(C(=O)O)N(C)C. The number of ketones is 1. The second-order valence-corrected chi connectivity index (χ2v) is 2.31. The van der Waals surface area contributed by atoms with Gasteiger partial charge in [-0.25, -0.2) is 0 Å². The van der Waals surface area contributed by atoms with Crippen molar-refractivity contribution >= 4 is 11.8 Å². The molecule has 0 aliphatic carbocycles. The number of aliphatic carboxylic acids is 1. The lowest BCUT2D eigenvalue weighted by atomic mass is 10.2. The molecule has 0 bridgehead atoms. The van der Waals surface area contributed by atoms with Crippen molar-refractivity contribution in [2.24, 2.45) is 0 Å². The molecule has 0 heterocycles. The number of rotatable bonds is 4. The summed E-state index contributed by atoms with van der Waals surface area (Å²) in [6.07, 6.45) is 1.01. The van der Waals surface area contributed by atoms with Crippen LogP contribution in [0.25, 0.3) is 0 Å². The van der Waals surface area contributed by atoms with Crippen molar-refractivity contribution in [1.29, 1.82) is 0 Å². The summed E-state index contributed by atoms with van der Waals surface area (Å²) in [6, 6.07) is -1.10. The molecular weight excluding hydrogens is 146 g/mol. The van der Waals surface area contributed by atoms with Gasteiger partial charge in [0.1, 0.15) is 0 Å². The second kappa shape index (κ2) is 3.88. The molecule has 0 spiro atoms. The van der Waals surface area contributed by atoms with E-state index in [1.165, 1.54) is 19.0 Å². The first kappa shape index (κ1) is 9.84. The number of carboxylic acids is 1. The topological polar surface area (TPSA) is 57.6 Å². The Labute approximate surface area is 65.1 Å². The summed E-state index contributed by atoms with van der Waals surface area (Å²) in [4.78, 5) is 22.6. The van der Waals surface area contributed by atoms with Crippen LogP contribution in [0.1, 0.15) is 0 Å². The van der Waals surface area contributed by atoms with Crippen LogP contribution in [-0.4, -0.2) is 41.9 Å². The average molecular weight is 157 g/mol. The van der Waals surface area contributed by atoms with Gasteiger partial charge in [0.2, 0.25) is 0 Å². The molecule has 0 saturated carbocycles. The predicted octanol–water partition coefficient (Wildman–Crippen LogP) is -0.244. The van der Waals surface area contributed by atoms with E-state index < -0.39 is 17.8 Å². The molecule has 1 N–H and O–H groups in total. The Hall–Kier alpha value is -1.16. The molecular formula is C7H11NO3. The van der Waals surface area contributed by atoms with E-state index in [0.29, 0.717) is 0 Å². The Morgan fingerprint density at radius 1 is 1.55 bits per heavy atom. The maximum atomic E-state index is 10.9. The Bertz CT molecular complexity index is 186. The molecule has 62 valence electrons. The zero-order valence-corrected chi connectivity index (χ0v) is 6.57. The summed E-state index contributed by atoms with van der Waals surface area (Å²) in [6.45, 7) is 3.21. The first-order valence-corrected chi connectivity index (χ1v) is 3.06. The summed E-state index contributed by atoms with van der Waals surface area (Å²) in [7, 11) is 3.06. The number of carboxylic acid groups (broad SMARTS) is 1. The first-order valence-electron chi connectivity index (χ1n) is 3.06. The van der Waals surface area contributed by atoms with Gasteiger partial charge in [0.15, 0.2) is 11.8 Å². The zero-order valence-electron chi connectivity index (χ0n) is 6.57. The van der Waals surface area contributed by atoms with Crippen LogP contribution in [0.15, 0.2) is 12.7 Å². The van der Waals surface area contributed by atoms with Crippen LogP contribution in [0, 0.1) is 0 Å². The van der Waals surface area contributed by atoms with E-state index in [4.69, 9.17) is 5.11 Å². The van der Waals surface area contributed by atoms with Crippen LogP contribution in [0.2, 0.25) is 0 Å². The highest BCUT2D eigenvalue weighted by atomic mass is 16.4. The summed E-state index contributed by atoms with van der Waals surface area (Å²) in [5, 5.41) is 8.53. The Morgan fingerprint density at radius 3 is 2.09 bits per heavy atom. The van der Waals surface area contributed by atoms with Gasteiger partial charge in [0, 0.05) is 0 Å². The standard InChI is InChI=1S/C7H11NO3/c1-4-5(9)6(7(10)11)8(2)3/h4,6H,1H2,2-3H3,(H,10,11). The number of hydrogen-bond donors (Lipinski definition) is 1. The van der Waals surface area contributed by atoms with Crippen molar-refractivity contribution in [2.75, 3.05) is 14.1 Å². The Balaban J connectivity index is 4.46. The van der Waals surface area contributed by atoms with E-state index in [-0.39, 0.29) is 0 Å². The van der Waals surface area contributed by atoms with E-state index in [0.717, 1.165) is 6.08 Å². The Morgan fingerprint density at radius 2 is 2.00 bits per heavy atom. The molecule has 4 heteroatoms. The molecule has 4 nitrogen and oxygen atoms in total. The maximum Gasteiger partial charge on any atom is 0.329 e. The minimum Gasteiger partial charge on any atom is -0.480 e. The van der Waals surface area contributed by atoms with Crippen molar-refractivity contribution in [3.8, 4) is 0 Å². The fourth-order valence-electron chi connectivity index (χ4n) is 0.709. The first-order chi connectivity index (χ1) is 5.00. The summed E-state index contributed by atoms with van der Waals surface area (Å²) >= 11 is 0. The van der Waals surface area contributed by atoms with Crippen molar-refractivity contribution < 1.29 is 14.7 Å².